The van der Waals surface area contributed by atoms with Crippen molar-refractivity contribution in [3.63, 3.8) is 0 Å². The van der Waals surface area contributed by atoms with Crippen LogP contribution in [0.25, 0.3) is 0 Å². The van der Waals surface area contributed by atoms with Crippen LogP contribution < -0.4 is 5.32 Å². The molecule has 0 spiro atoms. The van der Waals surface area contributed by atoms with Crippen molar-refractivity contribution in [2.45, 2.75) is 13.3 Å². The predicted molar refractivity (Wildman–Crippen MR) is 57.5 cm³/mol. The number of carbonyl (C=O) groups is 3. The van der Waals surface area contributed by atoms with Gasteiger partial charge in [-0.05, 0) is 6.08 Å². The van der Waals surface area contributed by atoms with Crippen LogP contribution in [0.3, 0.4) is 0 Å². The van der Waals surface area contributed by atoms with E-state index in [0.29, 0.717) is 18.7 Å². The maximum absolute atomic E-state index is 11.0. The van der Waals surface area contributed by atoms with Gasteiger partial charge in [0.15, 0.2) is 0 Å². The van der Waals surface area contributed by atoms with Crippen LogP contribution in [0.2, 0.25) is 0 Å². The molecule has 6 heteroatoms. The van der Waals surface area contributed by atoms with E-state index in [1.54, 1.807) is 6.92 Å². The third kappa shape index (κ3) is 9.01. The van der Waals surface area contributed by atoms with Crippen LogP contribution >= 0.6 is 11.8 Å². The van der Waals surface area contributed by atoms with Crippen molar-refractivity contribution < 1.29 is 19.5 Å². The molecule has 0 aromatic carbocycles. The molecular formula is C9H13NO4S. The normalized spacial score (nSPS) is 10.2. The molecule has 0 aromatic heterocycles. The fraction of sp³-hybridized carbons (Fsp3) is 0.444. The Kier molecular flexibility index (Phi) is 7.35. The van der Waals surface area contributed by atoms with Gasteiger partial charge >= 0.3 is 5.97 Å². The summed E-state index contributed by atoms with van der Waals surface area (Å²) in [5.41, 5.74) is 0. The fourth-order valence-electron chi connectivity index (χ4n) is 0.655. The summed E-state index contributed by atoms with van der Waals surface area (Å²) in [4.78, 5) is 31.8. The van der Waals surface area contributed by atoms with E-state index in [2.05, 4.69) is 5.32 Å². The number of aliphatic carboxylic acids is 1. The minimum Gasteiger partial charge on any atom is -0.478 e. The summed E-state index contributed by atoms with van der Waals surface area (Å²) < 4.78 is 0. The van der Waals surface area contributed by atoms with Crippen LogP contribution in [0.5, 0.6) is 0 Å². The summed E-state index contributed by atoms with van der Waals surface area (Å²) >= 11 is 0.967. The molecule has 0 saturated heterocycles. The Morgan fingerprint density at radius 2 is 2.00 bits per heavy atom. The zero-order valence-corrected chi connectivity index (χ0v) is 9.17. The highest BCUT2D eigenvalue weighted by Gasteiger charge is 2.00. The third-order valence-corrected chi connectivity index (χ3v) is 2.18. The Labute approximate surface area is 91.9 Å². The van der Waals surface area contributed by atoms with Gasteiger partial charge in [-0.15, -0.1) is 0 Å². The van der Waals surface area contributed by atoms with Crippen molar-refractivity contribution in [1.29, 1.82) is 0 Å². The molecule has 0 saturated carbocycles. The summed E-state index contributed by atoms with van der Waals surface area (Å²) in [5, 5.41) is 10.5. The zero-order chi connectivity index (χ0) is 11.7. The van der Waals surface area contributed by atoms with Crippen molar-refractivity contribution in [1.82, 2.24) is 5.32 Å². The van der Waals surface area contributed by atoms with Crippen LogP contribution in [-0.4, -0.2) is 34.4 Å². The lowest BCUT2D eigenvalue weighted by Crippen LogP contribution is -2.24. The van der Waals surface area contributed by atoms with E-state index < -0.39 is 5.97 Å². The predicted octanol–water partition coefficient (Wildman–Crippen LogP) is 0.413. The summed E-state index contributed by atoms with van der Waals surface area (Å²) in [7, 11) is 0. The zero-order valence-electron chi connectivity index (χ0n) is 8.36. The quantitative estimate of drug-likeness (QED) is 0.511. The number of carboxylic acid groups (broad SMARTS) is 1. The SMILES string of the molecule is CCC(=O)NCCSC(=O)/C=C/C(=O)O. The Morgan fingerprint density at radius 1 is 1.33 bits per heavy atom. The first-order valence-electron chi connectivity index (χ1n) is 4.40. The van der Waals surface area contributed by atoms with Crippen LogP contribution in [0.4, 0.5) is 0 Å². The van der Waals surface area contributed by atoms with Crippen molar-refractivity contribution in [2.24, 2.45) is 0 Å². The van der Waals surface area contributed by atoms with Gasteiger partial charge < -0.3 is 10.4 Å². The summed E-state index contributed by atoms with van der Waals surface area (Å²) in [5.74, 6) is -0.776. The lowest BCUT2D eigenvalue weighted by molar-refractivity contribution is -0.131. The van der Waals surface area contributed by atoms with Crippen molar-refractivity contribution >= 4 is 28.8 Å². The van der Waals surface area contributed by atoms with E-state index in [-0.39, 0.29) is 11.0 Å². The molecule has 2 N–H and O–H groups in total. The average molecular weight is 231 g/mol. The number of thioether (sulfide) groups is 1. The molecule has 0 bridgehead atoms. The smallest absolute Gasteiger partial charge is 0.328 e. The third-order valence-electron chi connectivity index (χ3n) is 1.35. The molecule has 1 amide bonds. The number of hydrogen-bond acceptors (Lipinski definition) is 4. The molecule has 84 valence electrons. The number of carboxylic acids is 1. The van der Waals surface area contributed by atoms with Gasteiger partial charge in [-0.2, -0.15) is 0 Å². The molecule has 0 aliphatic rings. The second-order valence-electron chi connectivity index (χ2n) is 2.54. The lowest BCUT2D eigenvalue weighted by Gasteiger charge is -2.00. The minimum atomic E-state index is -1.15. The number of amides is 1. The van der Waals surface area contributed by atoms with Crippen molar-refractivity contribution in [3.05, 3.63) is 12.2 Å². The van der Waals surface area contributed by atoms with Gasteiger partial charge in [0.1, 0.15) is 0 Å². The first kappa shape index (κ1) is 13.7. The number of nitrogens with one attached hydrogen (secondary N) is 1. The maximum Gasteiger partial charge on any atom is 0.328 e. The van der Waals surface area contributed by atoms with Crippen molar-refractivity contribution in [3.8, 4) is 0 Å². The van der Waals surface area contributed by atoms with E-state index in [1.165, 1.54) is 0 Å². The van der Waals surface area contributed by atoms with Crippen LogP contribution in [0.1, 0.15) is 13.3 Å². The second-order valence-corrected chi connectivity index (χ2v) is 3.64. The van der Waals surface area contributed by atoms with E-state index in [1.807, 2.05) is 0 Å². The average Bonchev–Trinajstić information content (AvgIpc) is 2.21. The van der Waals surface area contributed by atoms with Gasteiger partial charge in [-0.1, -0.05) is 18.7 Å². The summed E-state index contributed by atoms with van der Waals surface area (Å²) in [6.07, 6.45) is 2.20. The molecule has 0 radical (unpaired) electrons. The van der Waals surface area contributed by atoms with E-state index in [4.69, 9.17) is 5.11 Å². The molecule has 0 atom stereocenters. The number of rotatable bonds is 6. The van der Waals surface area contributed by atoms with E-state index in [9.17, 15) is 14.4 Å². The van der Waals surface area contributed by atoms with Gasteiger partial charge in [0.05, 0.1) is 0 Å². The minimum absolute atomic E-state index is 0.0656. The largest absolute Gasteiger partial charge is 0.478 e. The molecule has 0 aromatic rings. The molecular weight excluding hydrogens is 218 g/mol. The Morgan fingerprint density at radius 3 is 2.53 bits per heavy atom. The first-order valence-corrected chi connectivity index (χ1v) is 5.39. The molecule has 0 rings (SSSR count). The van der Waals surface area contributed by atoms with Gasteiger partial charge in [0.2, 0.25) is 11.0 Å². The number of carbonyl (C=O) groups excluding carboxylic acids is 2. The van der Waals surface area contributed by atoms with Crippen LogP contribution in [0.15, 0.2) is 12.2 Å². The van der Waals surface area contributed by atoms with Crippen molar-refractivity contribution in [2.75, 3.05) is 12.3 Å². The highest BCUT2D eigenvalue weighted by molar-refractivity contribution is 8.14. The van der Waals surface area contributed by atoms with Crippen LogP contribution in [0, 0.1) is 0 Å². The Balaban J connectivity index is 3.56. The highest BCUT2D eigenvalue weighted by Crippen LogP contribution is 2.01. The fourth-order valence-corrected chi connectivity index (χ4v) is 1.22. The molecule has 0 aliphatic heterocycles. The first-order chi connectivity index (χ1) is 7.06. The summed E-state index contributed by atoms with van der Waals surface area (Å²) in [6.45, 7) is 2.15. The van der Waals surface area contributed by atoms with E-state index >= 15 is 0 Å². The second kappa shape index (κ2) is 8.05. The van der Waals surface area contributed by atoms with Gasteiger partial charge in [0, 0.05) is 24.8 Å². The lowest BCUT2D eigenvalue weighted by atomic mass is 10.4. The molecule has 5 nitrogen and oxygen atoms in total. The molecule has 0 heterocycles. The molecule has 15 heavy (non-hydrogen) atoms. The van der Waals surface area contributed by atoms with Gasteiger partial charge in [-0.3, -0.25) is 9.59 Å². The molecule has 0 fully saturated rings. The highest BCUT2D eigenvalue weighted by atomic mass is 32.2. The Bertz CT molecular complexity index is 275. The Hall–Kier alpha value is -1.30. The maximum atomic E-state index is 11.0. The van der Waals surface area contributed by atoms with Gasteiger partial charge in [-0.25, -0.2) is 4.79 Å². The number of hydrogen-bond donors (Lipinski definition) is 2. The van der Waals surface area contributed by atoms with E-state index in [0.717, 1.165) is 23.9 Å². The topological polar surface area (TPSA) is 83.5 Å². The summed E-state index contributed by atoms with van der Waals surface area (Å²) in [6, 6.07) is 0. The van der Waals surface area contributed by atoms with Crippen LogP contribution in [-0.2, 0) is 14.4 Å². The monoisotopic (exact) mass is 231 g/mol. The molecule has 0 unspecified atom stereocenters. The van der Waals surface area contributed by atoms with Gasteiger partial charge in [0.25, 0.3) is 0 Å². The standard InChI is InChI=1S/C9H13NO4S/c1-2-7(11)10-5-6-15-9(14)4-3-8(12)13/h3-4H,2,5-6H2,1H3,(H,10,11)(H,12,13)/b4-3+. The molecule has 0 aliphatic carbocycles.